The van der Waals surface area contributed by atoms with Crippen LogP contribution >= 0.6 is 0 Å². The van der Waals surface area contributed by atoms with Gasteiger partial charge in [0, 0.05) is 30.1 Å². The highest BCUT2D eigenvalue weighted by molar-refractivity contribution is 5.68. The molecule has 0 amide bonds. The molecule has 0 bridgehead atoms. The second-order valence-corrected chi connectivity index (χ2v) is 8.17. The van der Waals surface area contributed by atoms with Crippen molar-refractivity contribution in [3.63, 3.8) is 0 Å². The molecule has 1 heterocycles. The van der Waals surface area contributed by atoms with E-state index >= 15 is 0 Å². The van der Waals surface area contributed by atoms with Crippen LogP contribution in [0.15, 0.2) is 12.1 Å². The Hall–Kier alpha value is -1.30. The van der Waals surface area contributed by atoms with Crippen LogP contribution in [0.5, 0.6) is 0 Å². The molecule has 0 spiro atoms. The van der Waals surface area contributed by atoms with Crippen molar-refractivity contribution < 1.29 is 14.6 Å². The maximum Gasteiger partial charge on any atom is 0.274 e. The van der Waals surface area contributed by atoms with E-state index in [-0.39, 0.29) is 12.1 Å². The van der Waals surface area contributed by atoms with Crippen molar-refractivity contribution in [2.45, 2.75) is 72.3 Å². The molecule has 0 aliphatic carbocycles. The first-order valence-electron chi connectivity index (χ1n) is 9.75. The average Bonchev–Trinajstić information content (AvgIpc) is 2.54. The molecule has 2 unspecified atom stereocenters. The zero-order chi connectivity index (χ0) is 19.7. The minimum atomic E-state index is -1.53. The SMILES string of the molecule is CCOCC(O)(OCC)N1c2cc(C(C)C)c(N)cc2CC(C)C1(C)C. The predicted octanol–water partition coefficient (Wildman–Crippen LogP) is 3.89. The van der Waals surface area contributed by atoms with Gasteiger partial charge in [-0.15, -0.1) is 0 Å². The largest absolute Gasteiger partial charge is 0.398 e. The lowest BCUT2D eigenvalue weighted by Gasteiger charge is -2.55. The summed E-state index contributed by atoms with van der Waals surface area (Å²) in [7, 11) is 0. The monoisotopic (exact) mass is 364 g/mol. The lowest BCUT2D eigenvalue weighted by Crippen LogP contribution is -2.66. The molecule has 5 nitrogen and oxygen atoms in total. The van der Waals surface area contributed by atoms with Crippen LogP contribution in [0.2, 0.25) is 0 Å². The molecule has 5 heteroatoms. The van der Waals surface area contributed by atoms with Gasteiger partial charge in [0.25, 0.3) is 5.91 Å². The Morgan fingerprint density at radius 1 is 1.31 bits per heavy atom. The highest BCUT2D eigenvalue weighted by atomic mass is 16.7. The number of hydrogen-bond acceptors (Lipinski definition) is 5. The lowest BCUT2D eigenvalue weighted by molar-refractivity contribution is -0.238. The van der Waals surface area contributed by atoms with Gasteiger partial charge in [0.05, 0.1) is 0 Å². The third-order valence-corrected chi connectivity index (χ3v) is 5.67. The van der Waals surface area contributed by atoms with Gasteiger partial charge in [-0.3, -0.25) is 0 Å². The number of aliphatic hydroxyl groups is 1. The molecule has 3 N–H and O–H groups in total. The van der Waals surface area contributed by atoms with Gasteiger partial charge in [-0.1, -0.05) is 20.8 Å². The summed E-state index contributed by atoms with van der Waals surface area (Å²) >= 11 is 0. The van der Waals surface area contributed by atoms with E-state index in [1.807, 2.05) is 18.7 Å². The molecule has 1 aromatic rings. The Balaban J connectivity index is 2.67. The van der Waals surface area contributed by atoms with Gasteiger partial charge >= 0.3 is 0 Å². The van der Waals surface area contributed by atoms with Crippen LogP contribution in [0, 0.1) is 5.92 Å². The number of nitrogen functional groups attached to an aromatic ring is 1. The van der Waals surface area contributed by atoms with Crippen LogP contribution in [0.1, 0.15) is 65.5 Å². The fourth-order valence-electron chi connectivity index (χ4n) is 3.93. The molecule has 0 saturated carbocycles. The number of benzene rings is 1. The second kappa shape index (κ2) is 7.75. The minimum Gasteiger partial charge on any atom is -0.398 e. The Labute approximate surface area is 158 Å². The summed E-state index contributed by atoms with van der Waals surface area (Å²) in [4.78, 5) is 2.01. The van der Waals surface area contributed by atoms with Gasteiger partial charge in [0.15, 0.2) is 0 Å². The highest BCUT2D eigenvalue weighted by Gasteiger charge is 2.50. The van der Waals surface area contributed by atoms with Crippen molar-refractivity contribution in [1.29, 1.82) is 0 Å². The van der Waals surface area contributed by atoms with E-state index in [1.54, 1.807) is 0 Å². The first-order chi connectivity index (χ1) is 12.1. The van der Waals surface area contributed by atoms with E-state index in [9.17, 15) is 5.11 Å². The zero-order valence-corrected chi connectivity index (χ0v) is 17.4. The number of rotatable bonds is 7. The van der Waals surface area contributed by atoms with E-state index in [0.29, 0.717) is 25.0 Å². The normalized spacial score (nSPS) is 21.6. The van der Waals surface area contributed by atoms with E-state index in [0.717, 1.165) is 28.9 Å². The molecule has 1 aromatic carbocycles. The van der Waals surface area contributed by atoms with Crippen LogP contribution in [0.4, 0.5) is 11.4 Å². The third-order valence-electron chi connectivity index (χ3n) is 5.67. The van der Waals surface area contributed by atoms with E-state index in [4.69, 9.17) is 15.2 Å². The summed E-state index contributed by atoms with van der Waals surface area (Å²) in [6.07, 6.45) is 0.915. The van der Waals surface area contributed by atoms with Crippen molar-refractivity contribution in [2.75, 3.05) is 30.5 Å². The maximum atomic E-state index is 11.5. The van der Waals surface area contributed by atoms with Crippen LogP contribution < -0.4 is 10.6 Å². The van der Waals surface area contributed by atoms with Crippen molar-refractivity contribution in [1.82, 2.24) is 0 Å². The van der Waals surface area contributed by atoms with Crippen LogP contribution in [-0.4, -0.2) is 36.4 Å². The van der Waals surface area contributed by atoms with Crippen LogP contribution in [0.25, 0.3) is 0 Å². The lowest BCUT2D eigenvalue weighted by atomic mass is 9.76. The quantitative estimate of drug-likeness (QED) is 0.567. The molecule has 148 valence electrons. The Morgan fingerprint density at radius 3 is 2.50 bits per heavy atom. The molecule has 2 rings (SSSR count). The molecule has 1 aliphatic heterocycles. The molecule has 0 saturated heterocycles. The standard InChI is InChI=1S/C21H36N2O3/c1-8-25-13-21(24,26-9-2)23-19-12-17(14(3)4)18(22)11-16(19)10-15(5)20(23,6)7/h11-12,14-15,24H,8-10,13,22H2,1-7H3. The van der Waals surface area contributed by atoms with E-state index < -0.39 is 5.91 Å². The molecule has 0 fully saturated rings. The topological polar surface area (TPSA) is 68.0 Å². The molecular weight excluding hydrogens is 328 g/mol. The first-order valence-corrected chi connectivity index (χ1v) is 9.75. The molecule has 1 aliphatic rings. The summed E-state index contributed by atoms with van der Waals surface area (Å²) in [5.74, 6) is -0.910. The van der Waals surface area contributed by atoms with Crippen molar-refractivity contribution in [2.24, 2.45) is 5.92 Å². The van der Waals surface area contributed by atoms with E-state index in [2.05, 4.69) is 46.8 Å². The van der Waals surface area contributed by atoms with Crippen LogP contribution in [-0.2, 0) is 15.9 Å². The molecule has 2 atom stereocenters. The summed E-state index contributed by atoms with van der Waals surface area (Å²) in [6, 6.07) is 4.19. The van der Waals surface area contributed by atoms with Crippen molar-refractivity contribution in [3.8, 4) is 0 Å². The number of ether oxygens (including phenoxy) is 2. The molecular formula is C21H36N2O3. The minimum absolute atomic E-state index is 0.0916. The summed E-state index contributed by atoms with van der Waals surface area (Å²) in [6.45, 7) is 15.6. The number of anilines is 2. The Morgan fingerprint density at radius 2 is 1.96 bits per heavy atom. The van der Waals surface area contributed by atoms with Crippen LogP contribution in [0.3, 0.4) is 0 Å². The van der Waals surface area contributed by atoms with Gasteiger partial charge < -0.3 is 25.2 Å². The van der Waals surface area contributed by atoms with E-state index in [1.165, 1.54) is 0 Å². The van der Waals surface area contributed by atoms with Gasteiger partial charge in [0.2, 0.25) is 0 Å². The maximum absolute atomic E-state index is 11.5. The van der Waals surface area contributed by atoms with Gasteiger partial charge in [-0.2, -0.15) is 0 Å². The number of nitrogens with two attached hydrogens (primary N) is 1. The smallest absolute Gasteiger partial charge is 0.274 e. The number of fused-ring (bicyclic) bond motifs is 1. The summed E-state index contributed by atoms with van der Waals surface area (Å²) < 4.78 is 11.5. The van der Waals surface area contributed by atoms with Gasteiger partial charge in [0.1, 0.15) is 6.61 Å². The molecule has 0 aromatic heterocycles. The van der Waals surface area contributed by atoms with Gasteiger partial charge in [-0.25, -0.2) is 0 Å². The average molecular weight is 365 g/mol. The highest BCUT2D eigenvalue weighted by Crippen LogP contribution is 2.46. The zero-order valence-electron chi connectivity index (χ0n) is 17.4. The van der Waals surface area contributed by atoms with Crippen molar-refractivity contribution >= 4 is 11.4 Å². The fraction of sp³-hybridized carbons (Fsp3) is 0.714. The Kier molecular flexibility index (Phi) is 6.26. The van der Waals surface area contributed by atoms with Crippen molar-refractivity contribution in [3.05, 3.63) is 23.3 Å². The predicted molar refractivity (Wildman–Crippen MR) is 107 cm³/mol. The third kappa shape index (κ3) is 3.71. The molecule has 0 radical (unpaired) electrons. The summed E-state index contributed by atoms with van der Waals surface area (Å²) in [5.41, 5.74) is 10.0. The number of hydrogen-bond donors (Lipinski definition) is 2. The summed E-state index contributed by atoms with van der Waals surface area (Å²) in [5, 5.41) is 11.5. The first kappa shape index (κ1) is 21.0. The molecule has 26 heavy (non-hydrogen) atoms. The van der Waals surface area contributed by atoms with Gasteiger partial charge in [-0.05, 0) is 69.2 Å². The second-order valence-electron chi connectivity index (χ2n) is 8.17. The Bertz CT molecular complexity index is 630. The fourth-order valence-corrected chi connectivity index (χ4v) is 3.93. The number of nitrogens with zero attached hydrogens (tertiary/aromatic N) is 1.